The Bertz CT molecular complexity index is 504. The maximum Gasteiger partial charge on any atom is 0.252 e. The van der Waals surface area contributed by atoms with Gasteiger partial charge in [-0.3, -0.25) is 9.78 Å². The normalized spacial score (nSPS) is 10.1. The standard InChI is InChI=1S/C16H23N3O2/c1-13(2)21-11-4-3-9-19-16(20)15-7-10-18-12-14(15)6-5-8-17/h7,10,12-13H,3-4,8-9,11,17H2,1-2H3,(H,19,20). The van der Waals surface area contributed by atoms with Crippen LogP contribution in [0.3, 0.4) is 0 Å². The van der Waals surface area contributed by atoms with Gasteiger partial charge in [0.2, 0.25) is 0 Å². The summed E-state index contributed by atoms with van der Waals surface area (Å²) in [6, 6.07) is 1.66. The van der Waals surface area contributed by atoms with Crippen molar-refractivity contribution in [2.75, 3.05) is 19.7 Å². The van der Waals surface area contributed by atoms with Crippen molar-refractivity contribution in [2.24, 2.45) is 5.73 Å². The molecule has 0 radical (unpaired) electrons. The Morgan fingerprint density at radius 2 is 2.29 bits per heavy atom. The molecule has 0 bridgehead atoms. The molecule has 0 aliphatic rings. The van der Waals surface area contributed by atoms with E-state index >= 15 is 0 Å². The lowest BCUT2D eigenvalue weighted by Gasteiger charge is -2.08. The van der Waals surface area contributed by atoms with E-state index in [0.717, 1.165) is 19.4 Å². The van der Waals surface area contributed by atoms with Crippen LogP contribution in [0, 0.1) is 11.8 Å². The summed E-state index contributed by atoms with van der Waals surface area (Å²) >= 11 is 0. The highest BCUT2D eigenvalue weighted by Crippen LogP contribution is 2.05. The lowest BCUT2D eigenvalue weighted by molar-refractivity contribution is 0.0754. The molecule has 21 heavy (non-hydrogen) atoms. The molecule has 0 fully saturated rings. The van der Waals surface area contributed by atoms with Gasteiger partial charge >= 0.3 is 0 Å². The fourth-order valence-corrected chi connectivity index (χ4v) is 1.68. The van der Waals surface area contributed by atoms with E-state index < -0.39 is 0 Å². The van der Waals surface area contributed by atoms with Gasteiger partial charge in [-0.1, -0.05) is 11.8 Å². The second kappa shape index (κ2) is 9.92. The van der Waals surface area contributed by atoms with Gasteiger partial charge in [0.1, 0.15) is 0 Å². The van der Waals surface area contributed by atoms with Crippen LogP contribution < -0.4 is 11.1 Å². The molecule has 0 unspecified atom stereocenters. The van der Waals surface area contributed by atoms with Crippen molar-refractivity contribution in [3.8, 4) is 11.8 Å². The van der Waals surface area contributed by atoms with E-state index in [9.17, 15) is 4.79 Å². The molecule has 5 nitrogen and oxygen atoms in total. The molecule has 3 N–H and O–H groups in total. The minimum Gasteiger partial charge on any atom is -0.379 e. The van der Waals surface area contributed by atoms with E-state index in [0.29, 0.717) is 17.7 Å². The average molecular weight is 289 g/mol. The first-order valence-electron chi connectivity index (χ1n) is 7.18. The van der Waals surface area contributed by atoms with E-state index in [1.807, 2.05) is 13.8 Å². The Balaban J connectivity index is 2.42. The van der Waals surface area contributed by atoms with Crippen LogP contribution in [0.15, 0.2) is 18.5 Å². The quantitative estimate of drug-likeness (QED) is 0.586. The zero-order valence-corrected chi connectivity index (χ0v) is 12.7. The van der Waals surface area contributed by atoms with Crippen LogP contribution in [-0.4, -0.2) is 36.7 Å². The van der Waals surface area contributed by atoms with E-state index in [2.05, 4.69) is 22.1 Å². The predicted octanol–water partition coefficient (Wildman–Crippen LogP) is 1.33. The van der Waals surface area contributed by atoms with Gasteiger partial charge in [-0.25, -0.2) is 0 Å². The molecule has 114 valence electrons. The van der Waals surface area contributed by atoms with Crippen LogP contribution in [0.4, 0.5) is 0 Å². The predicted molar refractivity (Wildman–Crippen MR) is 82.8 cm³/mol. The van der Waals surface area contributed by atoms with Crippen LogP contribution in [0.25, 0.3) is 0 Å². The maximum atomic E-state index is 12.1. The highest BCUT2D eigenvalue weighted by molar-refractivity contribution is 5.96. The summed E-state index contributed by atoms with van der Waals surface area (Å²) in [5.41, 5.74) is 6.48. The fourth-order valence-electron chi connectivity index (χ4n) is 1.68. The smallest absolute Gasteiger partial charge is 0.252 e. The van der Waals surface area contributed by atoms with Crippen molar-refractivity contribution in [2.45, 2.75) is 32.8 Å². The Morgan fingerprint density at radius 1 is 1.48 bits per heavy atom. The van der Waals surface area contributed by atoms with E-state index in [1.165, 1.54) is 0 Å². The first-order valence-corrected chi connectivity index (χ1v) is 7.18. The van der Waals surface area contributed by atoms with Crippen LogP contribution in [0.1, 0.15) is 42.6 Å². The van der Waals surface area contributed by atoms with Crippen molar-refractivity contribution in [3.63, 3.8) is 0 Å². The molecule has 0 spiro atoms. The third-order valence-corrected chi connectivity index (χ3v) is 2.70. The van der Waals surface area contributed by atoms with Crippen molar-refractivity contribution in [1.29, 1.82) is 0 Å². The van der Waals surface area contributed by atoms with E-state index in [-0.39, 0.29) is 18.6 Å². The van der Waals surface area contributed by atoms with Gasteiger partial charge in [-0.15, -0.1) is 0 Å². The van der Waals surface area contributed by atoms with Crippen LogP contribution in [0.2, 0.25) is 0 Å². The van der Waals surface area contributed by atoms with Gasteiger partial charge < -0.3 is 15.8 Å². The molecule has 1 amide bonds. The van der Waals surface area contributed by atoms with Crippen molar-refractivity contribution in [1.82, 2.24) is 10.3 Å². The molecular formula is C16H23N3O2. The SMILES string of the molecule is CC(C)OCCCCNC(=O)c1ccncc1C#CCN. The van der Waals surface area contributed by atoms with Crippen LogP contribution in [0.5, 0.6) is 0 Å². The molecule has 0 aromatic carbocycles. The monoisotopic (exact) mass is 289 g/mol. The van der Waals surface area contributed by atoms with Crippen LogP contribution >= 0.6 is 0 Å². The molecule has 0 atom stereocenters. The molecule has 0 aliphatic carbocycles. The topological polar surface area (TPSA) is 77.2 Å². The molecular weight excluding hydrogens is 266 g/mol. The lowest BCUT2D eigenvalue weighted by atomic mass is 10.1. The minimum absolute atomic E-state index is 0.136. The number of amides is 1. The number of aromatic nitrogens is 1. The number of nitrogens with one attached hydrogen (secondary N) is 1. The number of unbranched alkanes of at least 4 members (excludes halogenated alkanes) is 1. The molecule has 5 heteroatoms. The second-order valence-corrected chi connectivity index (χ2v) is 4.81. The minimum atomic E-state index is -0.136. The molecule has 0 saturated heterocycles. The van der Waals surface area contributed by atoms with E-state index in [4.69, 9.17) is 10.5 Å². The van der Waals surface area contributed by atoms with Crippen molar-refractivity contribution in [3.05, 3.63) is 29.6 Å². The summed E-state index contributed by atoms with van der Waals surface area (Å²) in [6.07, 6.45) is 5.22. The highest BCUT2D eigenvalue weighted by atomic mass is 16.5. The first-order chi connectivity index (χ1) is 10.1. The number of nitrogens with zero attached hydrogens (tertiary/aromatic N) is 1. The van der Waals surface area contributed by atoms with Gasteiger partial charge in [0.05, 0.1) is 23.8 Å². The van der Waals surface area contributed by atoms with Gasteiger partial charge in [0.15, 0.2) is 0 Å². The lowest BCUT2D eigenvalue weighted by Crippen LogP contribution is -2.25. The van der Waals surface area contributed by atoms with Crippen molar-refractivity contribution >= 4 is 5.91 Å². The van der Waals surface area contributed by atoms with Gasteiger partial charge in [-0.2, -0.15) is 0 Å². The first kappa shape index (κ1) is 17.2. The summed E-state index contributed by atoms with van der Waals surface area (Å²) in [5.74, 6) is 5.46. The number of hydrogen-bond acceptors (Lipinski definition) is 4. The number of rotatable bonds is 7. The number of carbonyl (C=O) groups is 1. The summed E-state index contributed by atoms with van der Waals surface area (Å²) in [5, 5.41) is 2.88. The number of ether oxygens (including phenoxy) is 1. The molecule has 1 aromatic rings. The van der Waals surface area contributed by atoms with Gasteiger partial charge in [0, 0.05) is 25.5 Å². The largest absolute Gasteiger partial charge is 0.379 e. The number of pyridine rings is 1. The third-order valence-electron chi connectivity index (χ3n) is 2.70. The van der Waals surface area contributed by atoms with Crippen molar-refractivity contribution < 1.29 is 9.53 Å². The second-order valence-electron chi connectivity index (χ2n) is 4.81. The Labute approximate surface area is 126 Å². The fraction of sp³-hybridized carbons (Fsp3) is 0.500. The molecule has 1 heterocycles. The Hall–Kier alpha value is -1.90. The van der Waals surface area contributed by atoms with Gasteiger partial charge in [-0.05, 0) is 32.8 Å². The average Bonchev–Trinajstić information content (AvgIpc) is 2.48. The molecule has 1 aromatic heterocycles. The molecule has 1 rings (SSSR count). The third kappa shape index (κ3) is 6.89. The van der Waals surface area contributed by atoms with Crippen LogP contribution in [-0.2, 0) is 4.74 Å². The molecule has 0 saturated carbocycles. The summed E-state index contributed by atoms with van der Waals surface area (Å²) in [6.45, 7) is 5.61. The number of carbonyl (C=O) groups excluding carboxylic acids is 1. The van der Waals surface area contributed by atoms with E-state index in [1.54, 1.807) is 18.5 Å². The Morgan fingerprint density at radius 3 is 3.00 bits per heavy atom. The number of hydrogen-bond donors (Lipinski definition) is 2. The molecule has 0 aliphatic heterocycles. The highest BCUT2D eigenvalue weighted by Gasteiger charge is 2.09. The summed E-state index contributed by atoms with van der Waals surface area (Å²) in [4.78, 5) is 16.1. The Kier molecular flexibility index (Phi) is 8.10. The van der Waals surface area contributed by atoms with Gasteiger partial charge in [0.25, 0.3) is 5.91 Å². The maximum absolute atomic E-state index is 12.1. The zero-order valence-electron chi connectivity index (χ0n) is 12.7. The zero-order chi connectivity index (χ0) is 15.5. The summed E-state index contributed by atoms with van der Waals surface area (Å²) in [7, 11) is 0. The summed E-state index contributed by atoms with van der Waals surface area (Å²) < 4.78 is 5.45. The number of nitrogens with two attached hydrogens (primary N) is 1.